The molecule has 2 aromatic heterocycles. The summed E-state index contributed by atoms with van der Waals surface area (Å²) in [4.78, 5) is 13.4. The fraction of sp³-hybridized carbons (Fsp3) is 0.136. The summed E-state index contributed by atoms with van der Waals surface area (Å²) in [6.45, 7) is 0.0811. The van der Waals surface area contributed by atoms with E-state index in [1.54, 1.807) is 30.5 Å². The lowest BCUT2D eigenvalue weighted by Gasteiger charge is -2.09. The highest BCUT2D eigenvalue weighted by Crippen LogP contribution is 2.41. The lowest BCUT2D eigenvalue weighted by Crippen LogP contribution is -2.01. The molecule has 0 amide bonds. The van der Waals surface area contributed by atoms with Gasteiger partial charge in [-0.15, -0.1) is 0 Å². The summed E-state index contributed by atoms with van der Waals surface area (Å²) < 4.78 is 11.4. The van der Waals surface area contributed by atoms with Crippen molar-refractivity contribution in [2.45, 2.75) is 5.16 Å². The van der Waals surface area contributed by atoms with Crippen LogP contribution >= 0.6 is 35.0 Å². The molecule has 170 valence electrons. The zero-order chi connectivity index (χ0) is 23.5. The number of benzene rings is 2. The molecule has 0 atom stereocenters. The van der Waals surface area contributed by atoms with E-state index in [4.69, 9.17) is 32.7 Å². The third kappa shape index (κ3) is 4.72. The van der Waals surface area contributed by atoms with Crippen LogP contribution in [0.15, 0.2) is 53.8 Å². The molecule has 2 N–H and O–H groups in total. The third-order valence-electron chi connectivity index (χ3n) is 4.61. The monoisotopic (exact) mass is 504 g/mol. The second-order valence-corrected chi connectivity index (χ2v) is 8.32. The molecular formula is C22H18Cl2N4O4S. The van der Waals surface area contributed by atoms with Crippen molar-refractivity contribution in [3.05, 3.63) is 58.7 Å². The van der Waals surface area contributed by atoms with Gasteiger partial charge >= 0.3 is 0 Å². The normalized spacial score (nSPS) is 11.0. The molecule has 4 rings (SSSR count). The SMILES string of the molecule is COCOc1cccc(-c2nc(-c3c(Cl)cc(O)cc3Cl)n(O)c2-c2ccnc(SC)n2)c1. The van der Waals surface area contributed by atoms with Gasteiger partial charge in [0.1, 0.15) is 22.9 Å². The predicted molar refractivity (Wildman–Crippen MR) is 127 cm³/mol. The van der Waals surface area contributed by atoms with E-state index in [1.165, 1.54) is 31.0 Å². The molecule has 0 unspecified atom stereocenters. The molecule has 2 aromatic carbocycles. The van der Waals surface area contributed by atoms with Crippen molar-refractivity contribution in [2.75, 3.05) is 20.2 Å². The molecule has 33 heavy (non-hydrogen) atoms. The van der Waals surface area contributed by atoms with Crippen LogP contribution in [0, 0.1) is 0 Å². The second kappa shape index (κ2) is 9.88. The van der Waals surface area contributed by atoms with Gasteiger partial charge in [-0.1, -0.05) is 47.1 Å². The Morgan fingerprint density at radius 2 is 1.85 bits per heavy atom. The Balaban J connectivity index is 1.97. The Bertz CT molecular complexity index is 1290. The van der Waals surface area contributed by atoms with Crippen molar-refractivity contribution in [1.29, 1.82) is 0 Å². The topological polar surface area (TPSA) is 103 Å². The molecule has 0 saturated heterocycles. The first-order valence-electron chi connectivity index (χ1n) is 9.53. The van der Waals surface area contributed by atoms with Crippen LogP contribution in [0.5, 0.6) is 11.5 Å². The largest absolute Gasteiger partial charge is 0.508 e. The zero-order valence-corrected chi connectivity index (χ0v) is 19.8. The van der Waals surface area contributed by atoms with Crippen LogP contribution in [0.25, 0.3) is 34.0 Å². The van der Waals surface area contributed by atoms with Gasteiger partial charge in [0.15, 0.2) is 17.8 Å². The van der Waals surface area contributed by atoms with Gasteiger partial charge in [-0.25, -0.2) is 15.0 Å². The van der Waals surface area contributed by atoms with Gasteiger partial charge in [0.05, 0.1) is 21.3 Å². The number of methoxy groups -OCH3 is 1. The van der Waals surface area contributed by atoms with Gasteiger partial charge in [-0.3, -0.25) is 0 Å². The summed E-state index contributed by atoms with van der Waals surface area (Å²) in [7, 11) is 1.53. The molecule has 0 bridgehead atoms. The molecule has 11 heteroatoms. The quantitative estimate of drug-likeness (QED) is 0.144. The number of imidazole rings is 1. The van der Waals surface area contributed by atoms with Crippen molar-refractivity contribution in [3.63, 3.8) is 0 Å². The minimum absolute atomic E-state index is 0.0811. The molecule has 0 aliphatic carbocycles. The van der Waals surface area contributed by atoms with E-state index in [1.807, 2.05) is 12.3 Å². The van der Waals surface area contributed by atoms with E-state index in [2.05, 4.69) is 15.0 Å². The average Bonchev–Trinajstić information content (AvgIpc) is 3.14. The van der Waals surface area contributed by atoms with Gasteiger partial charge in [-0.2, -0.15) is 4.73 Å². The molecule has 0 spiro atoms. The Morgan fingerprint density at radius 1 is 1.09 bits per heavy atom. The number of hydrogen-bond acceptors (Lipinski definition) is 8. The molecule has 0 radical (unpaired) electrons. The standard InChI is InChI=1S/C22H18Cl2N4O4S/c1-31-11-32-14-5-3-4-12(8-14)19-20(17-6-7-25-22(26-17)33-2)28(30)21(27-19)18-15(23)9-13(29)10-16(18)24/h3-10,29-30H,11H2,1-2H3. The van der Waals surface area contributed by atoms with Crippen LogP contribution in [-0.2, 0) is 4.74 Å². The van der Waals surface area contributed by atoms with Crippen molar-refractivity contribution in [2.24, 2.45) is 0 Å². The minimum Gasteiger partial charge on any atom is -0.508 e. The molecule has 0 aliphatic heterocycles. The number of nitrogens with zero attached hydrogens (tertiary/aromatic N) is 4. The van der Waals surface area contributed by atoms with Crippen LogP contribution in [-0.4, -0.2) is 50.2 Å². The Hall–Kier alpha value is -2.98. The number of phenolic OH excluding ortho intramolecular Hbond substituents is 1. The molecular weight excluding hydrogens is 487 g/mol. The van der Waals surface area contributed by atoms with Gasteiger partial charge in [0.25, 0.3) is 0 Å². The number of hydrogen-bond donors (Lipinski definition) is 2. The van der Waals surface area contributed by atoms with Crippen molar-refractivity contribution in [3.8, 4) is 45.5 Å². The highest BCUT2D eigenvalue weighted by Gasteiger charge is 2.25. The van der Waals surface area contributed by atoms with E-state index in [9.17, 15) is 10.3 Å². The fourth-order valence-electron chi connectivity index (χ4n) is 3.21. The third-order valence-corrected chi connectivity index (χ3v) is 5.77. The number of thioether (sulfide) groups is 1. The number of halogens is 2. The molecule has 0 aliphatic rings. The highest BCUT2D eigenvalue weighted by atomic mass is 35.5. The average molecular weight is 505 g/mol. The lowest BCUT2D eigenvalue weighted by molar-refractivity contribution is 0.0511. The van der Waals surface area contributed by atoms with E-state index in [-0.39, 0.29) is 34.0 Å². The lowest BCUT2D eigenvalue weighted by atomic mass is 10.1. The van der Waals surface area contributed by atoms with E-state index < -0.39 is 0 Å². The van der Waals surface area contributed by atoms with Crippen LogP contribution < -0.4 is 4.74 Å². The van der Waals surface area contributed by atoms with Crippen LogP contribution in [0.4, 0.5) is 0 Å². The molecule has 4 aromatic rings. The first-order chi connectivity index (χ1) is 15.9. The van der Waals surface area contributed by atoms with Gasteiger partial charge < -0.3 is 19.8 Å². The predicted octanol–water partition coefficient (Wildman–Crippen LogP) is 5.63. The maximum Gasteiger partial charge on any atom is 0.188 e. The van der Waals surface area contributed by atoms with Crippen molar-refractivity contribution < 1.29 is 19.8 Å². The molecule has 0 saturated carbocycles. The summed E-state index contributed by atoms with van der Waals surface area (Å²) in [5.74, 6) is 0.540. The minimum atomic E-state index is -0.103. The van der Waals surface area contributed by atoms with E-state index in [0.717, 1.165) is 4.73 Å². The Kier molecular flexibility index (Phi) is 6.94. The first-order valence-corrected chi connectivity index (χ1v) is 11.5. The molecule has 0 fully saturated rings. The van der Waals surface area contributed by atoms with Crippen molar-refractivity contribution >= 4 is 35.0 Å². The first kappa shape index (κ1) is 23.2. The highest BCUT2D eigenvalue weighted by molar-refractivity contribution is 7.98. The number of rotatable bonds is 7. The van der Waals surface area contributed by atoms with Crippen LogP contribution in [0.2, 0.25) is 10.0 Å². The molecule has 2 heterocycles. The van der Waals surface area contributed by atoms with Gasteiger partial charge in [0.2, 0.25) is 0 Å². The number of phenols is 1. The van der Waals surface area contributed by atoms with Crippen molar-refractivity contribution in [1.82, 2.24) is 19.7 Å². The second-order valence-electron chi connectivity index (χ2n) is 6.74. The summed E-state index contributed by atoms with van der Waals surface area (Å²) in [5.41, 5.74) is 2.09. The Labute approximate surface area is 203 Å². The Morgan fingerprint density at radius 3 is 2.55 bits per heavy atom. The van der Waals surface area contributed by atoms with Gasteiger partial charge in [-0.05, 0) is 36.6 Å². The maximum absolute atomic E-state index is 11.2. The fourth-order valence-corrected chi connectivity index (χ4v) is 4.21. The van der Waals surface area contributed by atoms with E-state index in [0.29, 0.717) is 33.6 Å². The number of aromatic nitrogens is 4. The number of aromatic hydroxyl groups is 1. The smallest absolute Gasteiger partial charge is 0.188 e. The van der Waals surface area contributed by atoms with Crippen LogP contribution in [0.1, 0.15) is 0 Å². The zero-order valence-electron chi connectivity index (χ0n) is 17.5. The number of ether oxygens (including phenoxy) is 2. The maximum atomic E-state index is 11.2. The molecule has 8 nitrogen and oxygen atoms in total. The van der Waals surface area contributed by atoms with E-state index >= 15 is 0 Å². The van der Waals surface area contributed by atoms with Crippen LogP contribution in [0.3, 0.4) is 0 Å². The summed E-state index contributed by atoms with van der Waals surface area (Å²) in [6.07, 6.45) is 3.46. The van der Waals surface area contributed by atoms with Gasteiger partial charge in [0, 0.05) is 18.9 Å². The summed E-state index contributed by atoms with van der Waals surface area (Å²) in [6, 6.07) is 11.5. The summed E-state index contributed by atoms with van der Waals surface area (Å²) in [5, 5.41) is 21.8. The summed E-state index contributed by atoms with van der Waals surface area (Å²) >= 11 is 14.1.